The molecule has 8 heteroatoms. The molecule has 0 spiro atoms. The molecule has 2 aliphatic rings. The average molecular weight is 432 g/mol. The van der Waals surface area contributed by atoms with Crippen molar-refractivity contribution in [3.63, 3.8) is 0 Å². The second-order valence-electron chi connectivity index (χ2n) is 9.48. The Morgan fingerprint density at radius 3 is 2.07 bits per heavy atom. The summed E-state index contributed by atoms with van der Waals surface area (Å²) in [5.74, 6) is -0.351. The van der Waals surface area contributed by atoms with Gasteiger partial charge in [0.1, 0.15) is 17.8 Å². The maximum absolute atomic E-state index is 11.4. The van der Waals surface area contributed by atoms with Crippen molar-refractivity contribution in [2.75, 3.05) is 39.5 Å². The van der Waals surface area contributed by atoms with Crippen molar-refractivity contribution in [1.29, 1.82) is 0 Å². The Labute approximate surface area is 181 Å². The van der Waals surface area contributed by atoms with Crippen molar-refractivity contribution >= 4 is 12.1 Å². The molecule has 0 bridgehead atoms. The minimum Gasteiger partial charge on any atom is -0.458 e. The number of esters is 1. The highest BCUT2D eigenvalue weighted by atomic mass is 16.7. The van der Waals surface area contributed by atoms with E-state index in [4.69, 9.17) is 23.7 Å². The van der Waals surface area contributed by atoms with Gasteiger partial charge in [-0.15, -0.1) is 0 Å². The fourth-order valence-electron chi connectivity index (χ4n) is 2.83. The monoisotopic (exact) mass is 431 g/mol. The van der Waals surface area contributed by atoms with Crippen LogP contribution >= 0.6 is 0 Å². The number of ether oxygens (including phenoxy) is 5. The third kappa shape index (κ3) is 13.8. The number of hydrogen-bond donors (Lipinski definition) is 0. The minimum atomic E-state index is -0.465. The standard InChI is InChI=1S/C13H24O5.C9H17NO2/c1-13(2,3)18-11(14)10-15-8-9-17-12-6-4-5-7-16-12;1-9(2,3)12-8(11)10-6-4-5-7-10/h12H,4-10H2,1-3H3;4-7H2,1-3H3. The second kappa shape index (κ2) is 13.1. The van der Waals surface area contributed by atoms with Gasteiger partial charge in [0.2, 0.25) is 0 Å². The van der Waals surface area contributed by atoms with Crippen LogP contribution in [0.1, 0.15) is 73.6 Å². The van der Waals surface area contributed by atoms with Crippen molar-refractivity contribution in [2.45, 2.75) is 91.1 Å². The normalized spacial score (nSPS) is 19.7. The summed E-state index contributed by atoms with van der Waals surface area (Å²) in [6, 6.07) is 0. The van der Waals surface area contributed by atoms with E-state index in [2.05, 4.69) is 0 Å². The van der Waals surface area contributed by atoms with E-state index >= 15 is 0 Å². The molecule has 0 saturated carbocycles. The lowest BCUT2D eigenvalue weighted by molar-refractivity contribution is -0.173. The second-order valence-corrected chi connectivity index (χ2v) is 9.48. The fourth-order valence-corrected chi connectivity index (χ4v) is 2.83. The Morgan fingerprint density at radius 2 is 1.53 bits per heavy atom. The van der Waals surface area contributed by atoms with E-state index in [9.17, 15) is 9.59 Å². The zero-order valence-corrected chi connectivity index (χ0v) is 19.7. The SMILES string of the molecule is CC(C)(C)OC(=O)COCCOC1CCCCO1.CC(C)(C)OC(=O)N1CCCC1. The Kier molecular flexibility index (Phi) is 11.7. The highest BCUT2D eigenvalue weighted by Crippen LogP contribution is 2.14. The molecule has 1 unspecified atom stereocenters. The van der Waals surface area contributed by atoms with Crippen LogP contribution in [0, 0.1) is 0 Å². The zero-order chi connectivity index (χ0) is 22.6. The van der Waals surface area contributed by atoms with E-state index in [0.717, 1.165) is 51.8 Å². The van der Waals surface area contributed by atoms with Gasteiger partial charge in [0, 0.05) is 19.7 Å². The lowest BCUT2D eigenvalue weighted by atomic mass is 10.2. The third-order valence-electron chi connectivity index (χ3n) is 4.07. The molecule has 30 heavy (non-hydrogen) atoms. The number of likely N-dealkylation sites (tertiary alicyclic amines) is 1. The number of nitrogens with zero attached hydrogens (tertiary/aromatic N) is 1. The van der Waals surface area contributed by atoms with Crippen LogP contribution in [0.2, 0.25) is 0 Å². The van der Waals surface area contributed by atoms with Crippen LogP contribution < -0.4 is 0 Å². The summed E-state index contributed by atoms with van der Waals surface area (Å²) >= 11 is 0. The smallest absolute Gasteiger partial charge is 0.410 e. The van der Waals surface area contributed by atoms with E-state index in [1.165, 1.54) is 0 Å². The van der Waals surface area contributed by atoms with Gasteiger partial charge in [-0.3, -0.25) is 0 Å². The molecule has 8 nitrogen and oxygen atoms in total. The molecular weight excluding hydrogens is 390 g/mol. The first kappa shape index (κ1) is 26.7. The maximum atomic E-state index is 11.4. The van der Waals surface area contributed by atoms with Crippen LogP contribution in [0.3, 0.4) is 0 Å². The van der Waals surface area contributed by atoms with Gasteiger partial charge >= 0.3 is 12.1 Å². The van der Waals surface area contributed by atoms with Crippen molar-refractivity contribution in [1.82, 2.24) is 4.90 Å². The third-order valence-corrected chi connectivity index (χ3v) is 4.07. The minimum absolute atomic E-state index is 0.0356. The molecule has 0 N–H and O–H groups in total. The van der Waals surface area contributed by atoms with Gasteiger partial charge in [-0.1, -0.05) is 0 Å². The van der Waals surface area contributed by atoms with Crippen LogP contribution in [0.4, 0.5) is 4.79 Å². The van der Waals surface area contributed by atoms with Gasteiger partial charge in [0.05, 0.1) is 13.2 Å². The topological polar surface area (TPSA) is 83.5 Å². The Morgan fingerprint density at radius 1 is 0.900 bits per heavy atom. The summed E-state index contributed by atoms with van der Waals surface area (Å²) in [5.41, 5.74) is -0.827. The molecule has 0 aromatic heterocycles. The van der Waals surface area contributed by atoms with Crippen LogP contribution in [-0.2, 0) is 28.5 Å². The molecular formula is C22H41NO7. The molecule has 0 radical (unpaired) electrons. The molecule has 2 saturated heterocycles. The van der Waals surface area contributed by atoms with Gasteiger partial charge in [-0.05, 0) is 73.6 Å². The zero-order valence-electron chi connectivity index (χ0n) is 19.7. The summed E-state index contributed by atoms with van der Waals surface area (Å²) in [4.78, 5) is 24.4. The largest absolute Gasteiger partial charge is 0.458 e. The highest BCUT2D eigenvalue weighted by molar-refractivity contribution is 5.71. The van der Waals surface area contributed by atoms with Crippen LogP contribution in [0.25, 0.3) is 0 Å². The Balaban J connectivity index is 0.000000325. The average Bonchev–Trinajstić information content (AvgIpc) is 3.15. The van der Waals surface area contributed by atoms with Crippen molar-refractivity contribution in [2.24, 2.45) is 0 Å². The predicted molar refractivity (Wildman–Crippen MR) is 113 cm³/mol. The van der Waals surface area contributed by atoms with Gasteiger partial charge < -0.3 is 28.6 Å². The number of hydrogen-bond acceptors (Lipinski definition) is 7. The van der Waals surface area contributed by atoms with Gasteiger partial charge in [0.25, 0.3) is 0 Å². The summed E-state index contributed by atoms with van der Waals surface area (Å²) in [7, 11) is 0. The first-order valence-electron chi connectivity index (χ1n) is 11.0. The van der Waals surface area contributed by atoms with E-state index < -0.39 is 5.60 Å². The first-order valence-corrected chi connectivity index (χ1v) is 11.0. The van der Waals surface area contributed by atoms with Crippen molar-refractivity contribution in [3.05, 3.63) is 0 Å². The van der Waals surface area contributed by atoms with Gasteiger partial charge in [-0.2, -0.15) is 0 Å². The lowest BCUT2D eigenvalue weighted by Crippen LogP contribution is -2.34. The summed E-state index contributed by atoms with van der Waals surface area (Å²) < 4.78 is 26.4. The van der Waals surface area contributed by atoms with E-state index in [-0.39, 0.29) is 30.6 Å². The van der Waals surface area contributed by atoms with Crippen molar-refractivity contribution in [3.8, 4) is 0 Å². The quantitative estimate of drug-likeness (QED) is 0.466. The van der Waals surface area contributed by atoms with E-state index in [1.807, 2.05) is 41.5 Å². The van der Waals surface area contributed by atoms with Gasteiger partial charge in [0.15, 0.2) is 6.29 Å². The number of rotatable bonds is 6. The lowest BCUT2D eigenvalue weighted by Gasteiger charge is -2.23. The van der Waals surface area contributed by atoms with Gasteiger partial charge in [-0.25, -0.2) is 9.59 Å². The highest BCUT2D eigenvalue weighted by Gasteiger charge is 2.24. The number of carbonyl (C=O) groups is 2. The van der Waals surface area contributed by atoms with Crippen molar-refractivity contribution < 1.29 is 33.3 Å². The van der Waals surface area contributed by atoms with Crippen LogP contribution in [0.5, 0.6) is 0 Å². The number of amides is 1. The molecule has 0 aliphatic carbocycles. The molecule has 0 aromatic carbocycles. The van der Waals surface area contributed by atoms with E-state index in [0.29, 0.717) is 13.2 Å². The molecule has 0 aromatic rings. The molecule has 2 aliphatic heterocycles. The van der Waals surface area contributed by atoms with Crippen LogP contribution in [0.15, 0.2) is 0 Å². The number of carbonyl (C=O) groups excluding carboxylic acids is 2. The summed E-state index contributed by atoms with van der Waals surface area (Å²) in [5, 5.41) is 0. The Bertz CT molecular complexity index is 499. The fraction of sp³-hybridized carbons (Fsp3) is 0.909. The molecule has 1 amide bonds. The predicted octanol–water partition coefficient (Wildman–Crippen LogP) is 3.91. The summed E-state index contributed by atoms with van der Waals surface area (Å²) in [6.07, 6.45) is 5.13. The first-order chi connectivity index (χ1) is 14.0. The molecule has 2 fully saturated rings. The molecule has 176 valence electrons. The molecule has 1 atom stereocenters. The molecule has 2 rings (SSSR count). The van der Waals surface area contributed by atoms with Crippen LogP contribution in [-0.4, -0.2) is 74.0 Å². The maximum Gasteiger partial charge on any atom is 0.410 e. The summed E-state index contributed by atoms with van der Waals surface area (Å²) in [6.45, 7) is 14.4. The Hall–Kier alpha value is -1.38. The molecule has 2 heterocycles. The van der Waals surface area contributed by atoms with E-state index in [1.54, 1.807) is 4.90 Å².